The molecule has 0 radical (unpaired) electrons. The van der Waals surface area contributed by atoms with E-state index in [-0.39, 0.29) is 32.4 Å². The molecule has 2 unspecified atom stereocenters. The SMILES string of the molecule is CCN(C(=O)N(CCO)CCOC)C1COCC1C(=O)O. The van der Waals surface area contributed by atoms with Gasteiger partial charge >= 0.3 is 12.0 Å². The lowest BCUT2D eigenvalue weighted by Gasteiger charge is -2.34. The Kier molecular flexibility index (Phi) is 7.41. The molecule has 2 amide bonds. The number of methoxy groups -OCH3 is 1. The van der Waals surface area contributed by atoms with Crippen LogP contribution in [-0.4, -0.2) is 91.2 Å². The lowest BCUT2D eigenvalue weighted by molar-refractivity contribution is -0.142. The van der Waals surface area contributed by atoms with Crippen LogP contribution >= 0.6 is 0 Å². The number of hydrogen-bond acceptors (Lipinski definition) is 5. The maximum absolute atomic E-state index is 12.6. The number of carbonyl (C=O) groups is 2. The third kappa shape index (κ3) is 4.55. The molecular formula is C13H24N2O6. The number of hydrogen-bond donors (Lipinski definition) is 2. The molecule has 0 aromatic rings. The third-order valence-corrected chi connectivity index (χ3v) is 3.56. The second-order valence-corrected chi connectivity index (χ2v) is 4.82. The van der Waals surface area contributed by atoms with Crippen molar-refractivity contribution in [1.29, 1.82) is 0 Å². The summed E-state index contributed by atoms with van der Waals surface area (Å²) in [6.07, 6.45) is 0. The van der Waals surface area contributed by atoms with E-state index in [0.717, 1.165) is 0 Å². The summed E-state index contributed by atoms with van der Waals surface area (Å²) >= 11 is 0. The molecular weight excluding hydrogens is 280 g/mol. The van der Waals surface area contributed by atoms with Crippen LogP contribution in [0.2, 0.25) is 0 Å². The summed E-state index contributed by atoms with van der Waals surface area (Å²) in [7, 11) is 1.53. The van der Waals surface area contributed by atoms with E-state index in [0.29, 0.717) is 19.7 Å². The molecule has 122 valence electrons. The van der Waals surface area contributed by atoms with Crippen LogP contribution in [0.1, 0.15) is 6.92 Å². The number of aliphatic carboxylic acids is 1. The Morgan fingerprint density at radius 3 is 2.57 bits per heavy atom. The Bertz CT molecular complexity index is 352. The molecule has 0 saturated carbocycles. The summed E-state index contributed by atoms with van der Waals surface area (Å²) in [6, 6.07) is -0.783. The summed E-state index contributed by atoms with van der Waals surface area (Å²) in [4.78, 5) is 26.8. The van der Waals surface area contributed by atoms with Crippen molar-refractivity contribution >= 4 is 12.0 Å². The molecule has 0 spiro atoms. The first-order chi connectivity index (χ1) is 10.1. The Balaban J connectivity index is 2.80. The van der Waals surface area contributed by atoms with Crippen molar-refractivity contribution in [3.63, 3.8) is 0 Å². The molecule has 1 aliphatic rings. The van der Waals surface area contributed by atoms with Crippen LogP contribution < -0.4 is 0 Å². The second-order valence-electron chi connectivity index (χ2n) is 4.82. The van der Waals surface area contributed by atoms with Crippen molar-refractivity contribution < 1.29 is 29.3 Å². The molecule has 0 aromatic carbocycles. The van der Waals surface area contributed by atoms with Gasteiger partial charge in [0.15, 0.2) is 0 Å². The third-order valence-electron chi connectivity index (χ3n) is 3.56. The van der Waals surface area contributed by atoms with Gasteiger partial charge in [-0.3, -0.25) is 4.79 Å². The minimum Gasteiger partial charge on any atom is -0.481 e. The Morgan fingerprint density at radius 2 is 2.05 bits per heavy atom. The van der Waals surface area contributed by atoms with E-state index in [1.54, 1.807) is 6.92 Å². The molecule has 1 saturated heterocycles. The summed E-state index contributed by atoms with van der Waals surface area (Å²) in [5.74, 6) is -1.68. The lowest BCUT2D eigenvalue weighted by atomic mass is 10.0. The van der Waals surface area contributed by atoms with Crippen LogP contribution in [0.5, 0.6) is 0 Å². The summed E-state index contributed by atoms with van der Waals surface area (Å²) in [5, 5.41) is 18.3. The van der Waals surface area contributed by atoms with Crippen molar-refractivity contribution in [3.8, 4) is 0 Å². The number of carbonyl (C=O) groups excluding carboxylic acids is 1. The maximum Gasteiger partial charge on any atom is 0.320 e. The van der Waals surface area contributed by atoms with Gasteiger partial charge in [-0.05, 0) is 6.92 Å². The van der Waals surface area contributed by atoms with E-state index in [1.165, 1.54) is 16.9 Å². The molecule has 1 fully saturated rings. The average molecular weight is 304 g/mol. The largest absolute Gasteiger partial charge is 0.481 e. The van der Waals surface area contributed by atoms with Crippen molar-refractivity contribution in [2.75, 3.05) is 53.2 Å². The van der Waals surface area contributed by atoms with Gasteiger partial charge in [0, 0.05) is 26.7 Å². The molecule has 2 N–H and O–H groups in total. The maximum atomic E-state index is 12.6. The van der Waals surface area contributed by atoms with Crippen LogP contribution in [0.4, 0.5) is 4.79 Å². The van der Waals surface area contributed by atoms with Crippen LogP contribution in [0, 0.1) is 5.92 Å². The van der Waals surface area contributed by atoms with Crippen molar-refractivity contribution in [2.24, 2.45) is 5.92 Å². The van der Waals surface area contributed by atoms with E-state index in [2.05, 4.69) is 0 Å². The van der Waals surface area contributed by atoms with Gasteiger partial charge in [0.25, 0.3) is 0 Å². The number of rotatable bonds is 8. The fourth-order valence-electron chi connectivity index (χ4n) is 2.40. The zero-order valence-electron chi connectivity index (χ0n) is 12.5. The molecule has 0 bridgehead atoms. The van der Waals surface area contributed by atoms with Crippen LogP contribution in [0.25, 0.3) is 0 Å². The van der Waals surface area contributed by atoms with Crippen LogP contribution in [0.15, 0.2) is 0 Å². The average Bonchev–Trinajstić information content (AvgIpc) is 2.93. The smallest absolute Gasteiger partial charge is 0.320 e. The van der Waals surface area contributed by atoms with Gasteiger partial charge in [-0.15, -0.1) is 0 Å². The van der Waals surface area contributed by atoms with E-state index in [4.69, 9.17) is 14.6 Å². The van der Waals surface area contributed by atoms with Gasteiger partial charge in [0.1, 0.15) is 5.92 Å². The first-order valence-corrected chi connectivity index (χ1v) is 7.02. The standard InChI is InChI=1S/C13H24N2O6/c1-3-15(11-9-21-8-10(11)12(17)18)13(19)14(4-6-16)5-7-20-2/h10-11,16H,3-9H2,1-2H3,(H,17,18). The summed E-state index contributed by atoms with van der Waals surface area (Å²) in [5.41, 5.74) is 0. The van der Waals surface area contributed by atoms with Gasteiger partial charge in [-0.25, -0.2) is 4.79 Å². The number of amides is 2. The van der Waals surface area contributed by atoms with Gasteiger partial charge in [0.05, 0.1) is 32.5 Å². The number of likely N-dealkylation sites (N-methyl/N-ethyl adjacent to an activating group) is 1. The Hall–Kier alpha value is -1.38. The first kappa shape index (κ1) is 17.7. The molecule has 2 atom stereocenters. The minimum absolute atomic E-state index is 0.113. The first-order valence-electron chi connectivity index (χ1n) is 7.02. The Labute approximate surface area is 124 Å². The summed E-state index contributed by atoms with van der Waals surface area (Å²) in [6.45, 7) is 3.23. The quantitative estimate of drug-likeness (QED) is 0.625. The Morgan fingerprint density at radius 1 is 1.33 bits per heavy atom. The lowest BCUT2D eigenvalue weighted by Crippen LogP contribution is -2.53. The van der Waals surface area contributed by atoms with Crippen molar-refractivity contribution in [1.82, 2.24) is 9.80 Å². The molecule has 8 nitrogen and oxygen atoms in total. The van der Waals surface area contributed by atoms with Gasteiger partial charge in [-0.1, -0.05) is 0 Å². The zero-order valence-corrected chi connectivity index (χ0v) is 12.5. The number of aliphatic hydroxyl groups is 1. The number of nitrogens with zero attached hydrogens (tertiary/aromatic N) is 2. The van der Waals surface area contributed by atoms with Crippen molar-refractivity contribution in [3.05, 3.63) is 0 Å². The van der Waals surface area contributed by atoms with Gasteiger partial charge in [0.2, 0.25) is 0 Å². The molecule has 1 rings (SSSR count). The van der Waals surface area contributed by atoms with E-state index in [9.17, 15) is 14.7 Å². The highest BCUT2D eigenvalue weighted by atomic mass is 16.5. The molecule has 0 aliphatic carbocycles. The molecule has 1 aliphatic heterocycles. The minimum atomic E-state index is -0.964. The highest BCUT2D eigenvalue weighted by molar-refractivity contribution is 5.77. The van der Waals surface area contributed by atoms with Crippen molar-refractivity contribution in [2.45, 2.75) is 13.0 Å². The fraction of sp³-hybridized carbons (Fsp3) is 0.846. The molecule has 21 heavy (non-hydrogen) atoms. The summed E-state index contributed by atoms with van der Waals surface area (Å²) < 4.78 is 10.2. The van der Waals surface area contributed by atoms with Crippen LogP contribution in [-0.2, 0) is 14.3 Å². The molecule has 0 aromatic heterocycles. The molecule has 8 heteroatoms. The van der Waals surface area contributed by atoms with E-state index < -0.39 is 17.9 Å². The number of carboxylic acids is 1. The molecule has 1 heterocycles. The monoisotopic (exact) mass is 304 g/mol. The highest BCUT2D eigenvalue weighted by Gasteiger charge is 2.40. The number of carboxylic acid groups (broad SMARTS) is 1. The number of ether oxygens (including phenoxy) is 2. The fourth-order valence-corrected chi connectivity index (χ4v) is 2.40. The number of aliphatic hydroxyl groups excluding tert-OH is 1. The number of urea groups is 1. The normalized spacial score (nSPS) is 21.3. The predicted octanol–water partition coefficient (Wildman–Crippen LogP) is -0.531. The van der Waals surface area contributed by atoms with Gasteiger partial charge < -0.3 is 29.5 Å². The second kappa shape index (κ2) is 8.81. The topological polar surface area (TPSA) is 99.5 Å². The predicted molar refractivity (Wildman–Crippen MR) is 74.0 cm³/mol. The van der Waals surface area contributed by atoms with Crippen LogP contribution in [0.3, 0.4) is 0 Å². The van der Waals surface area contributed by atoms with E-state index in [1.807, 2.05) is 0 Å². The zero-order chi connectivity index (χ0) is 15.8. The highest BCUT2D eigenvalue weighted by Crippen LogP contribution is 2.21. The van der Waals surface area contributed by atoms with E-state index >= 15 is 0 Å². The van der Waals surface area contributed by atoms with Gasteiger partial charge in [-0.2, -0.15) is 0 Å².